The predicted octanol–water partition coefficient (Wildman–Crippen LogP) is 3.35. The topological polar surface area (TPSA) is 29.3 Å². The average Bonchev–Trinajstić information content (AvgIpc) is 2.27. The van der Waals surface area contributed by atoms with E-state index in [4.69, 9.17) is 5.73 Å². The molecule has 0 unspecified atom stereocenters. The minimum atomic E-state index is -0.289. The van der Waals surface area contributed by atoms with Crippen LogP contribution in [0.25, 0.3) is 0 Å². The fourth-order valence-electron chi connectivity index (χ4n) is 2.00. The van der Waals surface area contributed by atoms with Crippen LogP contribution in [0.5, 0.6) is 0 Å². The van der Waals surface area contributed by atoms with Crippen LogP contribution in [0.15, 0.2) is 42.5 Å². The van der Waals surface area contributed by atoms with Crippen molar-refractivity contribution in [3.8, 4) is 0 Å². The molecule has 0 aliphatic carbocycles. The summed E-state index contributed by atoms with van der Waals surface area (Å²) in [7, 11) is 1.98. The lowest BCUT2D eigenvalue weighted by Crippen LogP contribution is -2.16. The molecule has 2 rings (SSSR count). The van der Waals surface area contributed by atoms with Gasteiger partial charge < -0.3 is 10.6 Å². The third-order valence-electron chi connectivity index (χ3n) is 2.84. The first kappa shape index (κ1) is 12.4. The Morgan fingerprint density at radius 1 is 1.17 bits per heavy atom. The molecule has 2 aromatic carbocycles. The van der Waals surface area contributed by atoms with E-state index in [1.54, 1.807) is 6.07 Å². The first-order valence-corrected chi connectivity index (χ1v) is 5.87. The summed E-state index contributed by atoms with van der Waals surface area (Å²) in [5.41, 5.74) is 9.29. The van der Waals surface area contributed by atoms with E-state index < -0.39 is 0 Å². The molecule has 0 fully saturated rings. The van der Waals surface area contributed by atoms with Crippen LogP contribution in [0.4, 0.5) is 15.8 Å². The van der Waals surface area contributed by atoms with E-state index in [9.17, 15) is 4.39 Å². The van der Waals surface area contributed by atoms with Gasteiger partial charge in [0, 0.05) is 25.0 Å². The van der Waals surface area contributed by atoms with E-state index >= 15 is 0 Å². The Kier molecular flexibility index (Phi) is 3.51. The van der Waals surface area contributed by atoms with Crippen molar-refractivity contribution in [1.82, 2.24) is 0 Å². The number of benzene rings is 2. The Labute approximate surface area is 107 Å². The van der Waals surface area contributed by atoms with Crippen LogP contribution < -0.4 is 10.6 Å². The Hall–Kier alpha value is -2.03. The molecule has 94 valence electrons. The highest BCUT2D eigenvalue weighted by molar-refractivity contribution is 5.49. The molecule has 0 atom stereocenters. The molecule has 0 spiro atoms. The molecular formula is C15H17FN2. The van der Waals surface area contributed by atoms with Gasteiger partial charge in [-0.25, -0.2) is 4.39 Å². The van der Waals surface area contributed by atoms with Gasteiger partial charge in [0.05, 0.1) is 0 Å². The van der Waals surface area contributed by atoms with E-state index in [-0.39, 0.29) is 5.82 Å². The van der Waals surface area contributed by atoms with Gasteiger partial charge in [0.2, 0.25) is 0 Å². The minimum Gasteiger partial charge on any atom is -0.399 e. The third-order valence-corrected chi connectivity index (χ3v) is 2.84. The highest BCUT2D eigenvalue weighted by atomic mass is 19.1. The number of halogens is 1. The van der Waals surface area contributed by atoms with Crippen LogP contribution in [0.1, 0.15) is 11.1 Å². The third kappa shape index (κ3) is 3.00. The molecule has 0 aliphatic heterocycles. The lowest BCUT2D eigenvalue weighted by atomic mass is 10.1. The molecule has 2 N–H and O–H groups in total. The maximum atomic E-state index is 13.2. The molecule has 0 radical (unpaired) electrons. The normalized spacial score (nSPS) is 10.4. The van der Waals surface area contributed by atoms with E-state index in [1.165, 1.54) is 17.7 Å². The predicted molar refractivity (Wildman–Crippen MR) is 74.1 cm³/mol. The number of hydrogen-bond donors (Lipinski definition) is 1. The summed E-state index contributed by atoms with van der Waals surface area (Å²) < 4.78 is 13.2. The van der Waals surface area contributed by atoms with Gasteiger partial charge in [0.25, 0.3) is 0 Å². The van der Waals surface area contributed by atoms with Gasteiger partial charge >= 0.3 is 0 Å². The molecule has 0 bridgehead atoms. The Morgan fingerprint density at radius 3 is 2.61 bits per heavy atom. The number of anilines is 2. The van der Waals surface area contributed by atoms with Crippen molar-refractivity contribution in [2.75, 3.05) is 17.7 Å². The van der Waals surface area contributed by atoms with Crippen molar-refractivity contribution in [2.45, 2.75) is 13.5 Å². The SMILES string of the molecule is Cc1cccc(N(C)Cc2cc(N)cc(F)c2)c1. The summed E-state index contributed by atoms with van der Waals surface area (Å²) in [6, 6.07) is 12.9. The van der Waals surface area contributed by atoms with Gasteiger partial charge in [-0.3, -0.25) is 0 Å². The van der Waals surface area contributed by atoms with Crippen molar-refractivity contribution < 1.29 is 4.39 Å². The zero-order valence-electron chi connectivity index (χ0n) is 10.7. The van der Waals surface area contributed by atoms with E-state index in [2.05, 4.69) is 24.0 Å². The van der Waals surface area contributed by atoms with Crippen molar-refractivity contribution in [1.29, 1.82) is 0 Å². The van der Waals surface area contributed by atoms with Gasteiger partial charge in [0.15, 0.2) is 0 Å². The quantitative estimate of drug-likeness (QED) is 0.839. The van der Waals surface area contributed by atoms with Crippen LogP contribution in [0, 0.1) is 12.7 Å². The summed E-state index contributed by atoms with van der Waals surface area (Å²) in [5.74, 6) is -0.289. The summed E-state index contributed by atoms with van der Waals surface area (Å²) in [5, 5.41) is 0. The molecule has 0 heterocycles. The van der Waals surface area contributed by atoms with Crippen LogP contribution in [0.3, 0.4) is 0 Å². The van der Waals surface area contributed by atoms with Crippen molar-refractivity contribution >= 4 is 11.4 Å². The maximum Gasteiger partial charge on any atom is 0.125 e. The molecule has 0 saturated carbocycles. The lowest BCUT2D eigenvalue weighted by Gasteiger charge is -2.20. The molecule has 3 heteroatoms. The second-order valence-electron chi connectivity index (χ2n) is 4.59. The number of hydrogen-bond acceptors (Lipinski definition) is 2. The van der Waals surface area contributed by atoms with E-state index in [1.807, 2.05) is 19.2 Å². The maximum absolute atomic E-state index is 13.2. The highest BCUT2D eigenvalue weighted by Crippen LogP contribution is 2.18. The fraction of sp³-hybridized carbons (Fsp3) is 0.200. The summed E-state index contributed by atoms with van der Waals surface area (Å²) in [4.78, 5) is 2.07. The van der Waals surface area contributed by atoms with Gasteiger partial charge in [-0.1, -0.05) is 12.1 Å². The van der Waals surface area contributed by atoms with Crippen LogP contribution in [-0.4, -0.2) is 7.05 Å². The second kappa shape index (κ2) is 5.08. The minimum absolute atomic E-state index is 0.289. The van der Waals surface area contributed by atoms with Gasteiger partial charge in [-0.2, -0.15) is 0 Å². The number of nitrogen functional groups attached to an aromatic ring is 1. The van der Waals surface area contributed by atoms with Crippen molar-refractivity contribution in [3.63, 3.8) is 0 Å². The second-order valence-corrected chi connectivity index (χ2v) is 4.59. The summed E-state index contributed by atoms with van der Waals surface area (Å²) in [6.07, 6.45) is 0. The molecule has 2 aromatic rings. The molecule has 18 heavy (non-hydrogen) atoms. The summed E-state index contributed by atoms with van der Waals surface area (Å²) >= 11 is 0. The zero-order valence-corrected chi connectivity index (χ0v) is 10.7. The van der Waals surface area contributed by atoms with Crippen LogP contribution in [-0.2, 0) is 6.54 Å². The number of rotatable bonds is 3. The number of nitrogens with zero attached hydrogens (tertiary/aromatic N) is 1. The van der Waals surface area contributed by atoms with Crippen molar-refractivity contribution in [2.24, 2.45) is 0 Å². The average molecular weight is 244 g/mol. The molecule has 2 nitrogen and oxygen atoms in total. The molecule has 0 amide bonds. The lowest BCUT2D eigenvalue weighted by molar-refractivity contribution is 0.626. The molecule has 0 saturated heterocycles. The van der Waals surface area contributed by atoms with Crippen LogP contribution in [0.2, 0.25) is 0 Å². The largest absolute Gasteiger partial charge is 0.399 e. The van der Waals surface area contributed by atoms with E-state index in [0.717, 1.165) is 11.3 Å². The van der Waals surface area contributed by atoms with Gasteiger partial charge in [-0.05, 0) is 48.4 Å². The highest BCUT2D eigenvalue weighted by Gasteiger charge is 2.04. The number of nitrogens with two attached hydrogens (primary N) is 1. The summed E-state index contributed by atoms with van der Waals surface area (Å²) in [6.45, 7) is 2.68. The number of aryl methyl sites for hydroxylation is 1. The zero-order chi connectivity index (χ0) is 13.1. The smallest absolute Gasteiger partial charge is 0.125 e. The Morgan fingerprint density at radius 2 is 1.94 bits per heavy atom. The Balaban J connectivity index is 2.18. The first-order chi connectivity index (χ1) is 8.54. The van der Waals surface area contributed by atoms with Gasteiger partial charge in [-0.15, -0.1) is 0 Å². The standard InChI is InChI=1S/C15H17FN2/c1-11-4-3-5-15(6-11)18(2)10-12-7-13(16)9-14(17)8-12/h3-9H,10,17H2,1-2H3. The molecular weight excluding hydrogens is 227 g/mol. The first-order valence-electron chi connectivity index (χ1n) is 5.87. The van der Waals surface area contributed by atoms with Gasteiger partial charge in [0.1, 0.15) is 5.82 Å². The molecule has 0 aromatic heterocycles. The fourth-order valence-corrected chi connectivity index (χ4v) is 2.00. The monoisotopic (exact) mass is 244 g/mol. The van der Waals surface area contributed by atoms with E-state index in [0.29, 0.717) is 12.2 Å². The Bertz CT molecular complexity index is 532. The molecule has 0 aliphatic rings. The van der Waals surface area contributed by atoms with Crippen molar-refractivity contribution in [3.05, 3.63) is 59.4 Å². The van der Waals surface area contributed by atoms with Crippen LogP contribution >= 0.6 is 0 Å².